The summed E-state index contributed by atoms with van der Waals surface area (Å²) in [6, 6.07) is 8.38. The molecular formula is C15H22NO3S+. The summed E-state index contributed by atoms with van der Waals surface area (Å²) in [6.07, 6.45) is 4.05. The highest BCUT2D eigenvalue weighted by atomic mass is 32.2. The SMILES string of the molecule is CO[NH2+]c1ccc(SC2CCC(C(=O)OC)CC2)cc1. The van der Waals surface area contributed by atoms with Gasteiger partial charge in [0.05, 0.1) is 20.1 Å². The third kappa shape index (κ3) is 4.23. The summed E-state index contributed by atoms with van der Waals surface area (Å²) in [5.41, 5.74) is 2.81. The molecule has 1 saturated carbocycles. The summed E-state index contributed by atoms with van der Waals surface area (Å²) in [7, 11) is 3.13. The van der Waals surface area contributed by atoms with Gasteiger partial charge in [-0.1, -0.05) is 0 Å². The minimum Gasteiger partial charge on any atom is -0.469 e. The molecule has 2 rings (SSSR count). The van der Waals surface area contributed by atoms with Crippen LogP contribution in [0.5, 0.6) is 0 Å². The second-order valence-corrected chi connectivity index (χ2v) is 6.41. The van der Waals surface area contributed by atoms with Crippen molar-refractivity contribution in [3.05, 3.63) is 24.3 Å². The van der Waals surface area contributed by atoms with E-state index in [9.17, 15) is 4.79 Å². The van der Waals surface area contributed by atoms with Crippen molar-refractivity contribution in [2.75, 3.05) is 14.2 Å². The molecule has 1 aliphatic rings. The fourth-order valence-corrected chi connectivity index (χ4v) is 3.72. The molecule has 0 aliphatic heterocycles. The summed E-state index contributed by atoms with van der Waals surface area (Å²) >= 11 is 1.91. The van der Waals surface area contributed by atoms with Gasteiger partial charge in [-0.15, -0.1) is 11.8 Å². The Kier molecular flexibility index (Phi) is 5.88. The van der Waals surface area contributed by atoms with Gasteiger partial charge in [0.25, 0.3) is 0 Å². The molecule has 0 saturated heterocycles. The van der Waals surface area contributed by atoms with E-state index in [-0.39, 0.29) is 11.9 Å². The molecule has 2 N–H and O–H groups in total. The highest BCUT2D eigenvalue weighted by Crippen LogP contribution is 2.36. The first-order valence-electron chi connectivity index (χ1n) is 6.93. The maximum absolute atomic E-state index is 11.5. The molecule has 1 aromatic carbocycles. The number of carbonyl (C=O) groups excluding carboxylic acids is 1. The van der Waals surface area contributed by atoms with Crippen LogP contribution in [0.2, 0.25) is 0 Å². The van der Waals surface area contributed by atoms with Crippen LogP contribution >= 0.6 is 11.8 Å². The van der Waals surface area contributed by atoms with Gasteiger partial charge < -0.3 is 4.74 Å². The first-order chi connectivity index (χ1) is 9.72. The van der Waals surface area contributed by atoms with Gasteiger partial charge in [0.1, 0.15) is 0 Å². The van der Waals surface area contributed by atoms with Crippen molar-refractivity contribution >= 4 is 23.4 Å². The molecule has 1 fully saturated rings. The maximum Gasteiger partial charge on any atom is 0.308 e. The standard InChI is InChI=1S/C15H21NO3S/c1-18-15(17)11-3-7-13(8-4-11)20-14-9-5-12(6-10-14)16-19-2/h5-6,9-11,13,16H,3-4,7-8H2,1-2H3/p+1. The number of quaternary nitrogens is 1. The van der Waals surface area contributed by atoms with Crippen LogP contribution in [-0.4, -0.2) is 25.4 Å². The van der Waals surface area contributed by atoms with E-state index in [2.05, 4.69) is 24.3 Å². The molecule has 0 amide bonds. The van der Waals surface area contributed by atoms with Gasteiger partial charge in [0, 0.05) is 22.3 Å². The lowest BCUT2D eigenvalue weighted by molar-refractivity contribution is -0.830. The summed E-state index contributed by atoms with van der Waals surface area (Å²) < 4.78 is 4.82. The first-order valence-corrected chi connectivity index (χ1v) is 7.81. The predicted octanol–water partition coefficient (Wildman–Crippen LogP) is 2.27. The van der Waals surface area contributed by atoms with Crippen LogP contribution < -0.4 is 5.48 Å². The van der Waals surface area contributed by atoms with Crippen LogP contribution in [0.1, 0.15) is 25.7 Å². The minimum atomic E-state index is -0.0482. The van der Waals surface area contributed by atoms with Crippen LogP contribution in [0, 0.1) is 5.92 Å². The van der Waals surface area contributed by atoms with E-state index in [1.54, 1.807) is 12.6 Å². The molecule has 0 aromatic heterocycles. The number of rotatable bonds is 5. The zero-order valence-corrected chi connectivity index (χ0v) is 12.8. The summed E-state index contributed by atoms with van der Waals surface area (Å²) in [5, 5.41) is 0.605. The maximum atomic E-state index is 11.5. The van der Waals surface area contributed by atoms with E-state index in [1.165, 1.54) is 12.0 Å². The molecule has 0 bridgehead atoms. The number of thioether (sulfide) groups is 1. The zero-order chi connectivity index (χ0) is 14.4. The van der Waals surface area contributed by atoms with Crippen LogP contribution in [0.25, 0.3) is 0 Å². The van der Waals surface area contributed by atoms with Crippen LogP contribution in [0.15, 0.2) is 29.2 Å². The fraction of sp³-hybridized carbons (Fsp3) is 0.533. The number of hydrogen-bond acceptors (Lipinski definition) is 4. The highest BCUT2D eigenvalue weighted by Gasteiger charge is 2.27. The number of nitrogens with two attached hydrogens (primary N) is 1. The van der Waals surface area contributed by atoms with Crippen molar-refractivity contribution in [2.45, 2.75) is 35.8 Å². The van der Waals surface area contributed by atoms with Gasteiger partial charge in [-0.3, -0.25) is 4.79 Å². The number of hydrogen-bond donors (Lipinski definition) is 1. The molecule has 0 unspecified atom stereocenters. The van der Waals surface area contributed by atoms with Crippen molar-refractivity contribution in [1.29, 1.82) is 0 Å². The van der Waals surface area contributed by atoms with Gasteiger partial charge in [0.2, 0.25) is 0 Å². The molecule has 0 radical (unpaired) electrons. The average Bonchev–Trinajstić information content (AvgIpc) is 2.49. The highest BCUT2D eigenvalue weighted by molar-refractivity contribution is 8.00. The number of carbonyl (C=O) groups is 1. The molecule has 4 nitrogen and oxygen atoms in total. The monoisotopic (exact) mass is 296 g/mol. The number of methoxy groups -OCH3 is 1. The molecule has 110 valence electrons. The Hall–Kier alpha value is -1.04. The average molecular weight is 296 g/mol. The zero-order valence-electron chi connectivity index (χ0n) is 12.0. The van der Waals surface area contributed by atoms with Gasteiger partial charge in [-0.05, 0) is 37.8 Å². The lowest BCUT2D eigenvalue weighted by Crippen LogP contribution is -2.75. The van der Waals surface area contributed by atoms with E-state index in [0.717, 1.165) is 31.4 Å². The Balaban J connectivity index is 1.81. The normalized spacial score (nSPS) is 22.5. The molecule has 1 aromatic rings. The van der Waals surface area contributed by atoms with Crippen LogP contribution in [-0.2, 0) is 14.4 Å². The van der Waals surface area contributed by atoms with Crippen LogP contribution in [0.4, 0.5) is 5.69 Å². The van der Waals surface area contributed by atoms with Crippen molar-refractivity contribution in [3.8, 4) is 0 Å². The Morgan fingerprint density at radius 2 is 1.80 bits per heavy atom. The Morgan fingerprint density at radius 3 is 2.35 bits per heavy atom. The summed E-state index contributed by atoms with van der Waals surface area (Å²) in [4.78, 5) is 17.8. The Labute approximate surface area is 124 Å². The number of benzene rings is 1. The molecule has 5 heteroatoms. The second-order valence-electron chi connectivity index (χ2n) is 5.04. The van der Waals surface area contributed by atoms with E-state index in [0.29, 0.717) is 5.25 Å². The fourth-order valence-electron chi connectivity index (χ4n) is 2.54. The minimum absolute atomic E-state index is 0.0482. The van der Waals surface area contributed by atoms with Crippen molar-refractivity contribution in [1.82, 2.24) is 0 Å². The van der Waals surface area contributed by atoms with E-state index >= 15 is 0 Å². The van der Waals surface area contributed by atoms with Gasteiger partial charge in [-0.2, -0.15) is 5.48 Å². The first kappa shape index (κ1) is 15.4. The number of esters is 1. The summed E-state index contributed by atoms with van der Waals surface area (Å²) in [5.74, 6) is 0.0587. The van der Waals surface area contributed by atoms with Crippen molar-refractivity contribution in [2.24, 2.45) is 5.92 Å². The summed E-state index contributed by atoms with van der Waals surface area (Å²) in [6.45, 7) is 0. The van der Waals surface area contributed by atoms with E-state index in [4.69, 9.17) is 9.57 Å². The Bertz CT molecular complexity index is 427. The number of ether oxygens (including phenoxy) is 1. The topological polar surface area (TPSA) is 52.1 Å². The van der Waals surface area contributed by atoms with Gasteiger partial charge in [0.15, 0.2) is 5.69 Å². The largest absolute Gasteiger partial charge is 0.469 e. The predicted molar refractivity (Wildman–Crippen MR) is 78.7 cm³/mol. The molecule has 0 spiro atoms. The van der Waals surface area contributed by atoms with Crippen LogP contribution in [0.3, 0.4) is 0 Å². The molecule has 0 heterocycles. The molecule has 0 atom stereocenters. The van der Waals surface area contributed by atoms with Gasteiger partial charge in [-0.25, -0.2) is 4.84 Å². The van der Waals surface area contributed by atoms with E-state index in [1.807, 2.05) is 11.8 Å². The molecular weight excluding hydrogens is 274 g/mol. The third-order valence-electron chi connectivity index (χ3n) is 3.65. The quantitative estimate of drug-likeness (QED) is 0.514. The lowest BCUT2D eigenvalue weighted by atomic mass is 9.89. The van der Waals surface area contributed by atoms with Crippen molar-refractivity contribution in [3.63, 3.8) is 0 Å². The second kappa shape index (κ2) is 7.67. The lowest BCUT2D eigenvalue weighted by Gasteiger charge is -2.26. The third-order valence-corrected chi connectivity index (χ3v) is 4.99. The smallest absolute Gasteiger partial charge is 0.308 e. The molecule has 20 heavy (non-hydrogen) atoms. The Morgan fingerprint density at radius 1 is 1.15 bits per heavy atom. The van der Waals surface area contributed by atoms with Gasteiger partial charge >= 0.3 is 5.97 Å². The van der Waals surface area contributed by atoms with E-state index < -0.39 is 0 Å². The van der Waals surface area contributed by atoms with Crippen molar-refractivity contribution < 1.29 is 19.8 Å². The molecule has 1 aliphatic carbocycles.